The topological polar surface area (TPSA) is 80.5 Å². The van der Waals surface area contributed by atoms with Crippen molar-refractivity contribution in [1.29, 1.82) is 0 Å². The van der Waals surface area contributed by atoms with Gasteiger partial charge in [-0.2, -0.15) is 0 Å². The second-order valence-corrected chi connectivity index (χ2v) is 4.01. The molecule has 0 radical (unpaired) electrons. The average molecular weight is 236 g/mol. The number of nitrogens with zero attached hydrogens (tertiary/aromatic N) is 2. The molecule has 0 aliphatic carbocycles. The molecule has 1 fully saturated rings. The summed E-state index contributed by atoms with van der Waals surface area (Å²) in [6, 6.07) is 3.35. The van der Waals surface area contributed by atoms with E-state index in [9.17, 15) is 4.79 Å². The van der Waals surface area contributed by atoms with Crippen molar-refractivity contribution in [3.8, 4) is 0 Å². The Kier molecular flexibility index (Phi) is 3.55. The van der Waals surface area contributed by atoms with Crippen LogP contribution >= 0.6 is 0 Å². The van der Waals surface area contributed by atoms with Gasteiger partial charge in [0.2, 0.25) is 0 Å². The zero-order valence-electron chi connectivity index (χ0n) is 9.72. The first-order chi connectivity index (χ1) is 8.20. The molecule has 2 heterocycles. The van der Waals surface area contributed by atoms with E-state index in [1.807, 2.05) is 6.92 Å². The largest absolute Gasteiger partial charge is 0.375 e. The van der Waals surface area contributed by atoms with E-state index in [2.05, 4.69) is 10.4 Å². The molecule has 0 aromatic carbocycles. The van der Waals surface area contributed by atoms with Crippen molar-refractivity contribution in [3.63, 3.8) is 0 Å². The lowest BCUT2D eigenvalue weighted by atomic mass is 10.2. The van der Waals surface area contributed by atoms with E-state index in [0.717, 1.165) is 0 Å². The first-order valence-electron chi connectivity index (χ1n) is 5.54. The monoisotopic (exact) mass is 236 g/mol. The molecule has 1 aliphatic rings. The number of hydrazine groups is 1. The highest BCUT2D eigenvalue weighted by Gasteiger charge is 2.23. The van der Waals surface area contributed by atoms with Crippen molar-refractivity contribution < 1.29 is 9.53 Å². The molecule has 1 aromatic heterocycles. The number of amides is 1. The van der Waals surface area contributed by atoms with Gasteiger partial charge in [0.1, 0.15) is 5.69 Å². The molecule has 6 heteroatoms. The molecule has 1 unspecified atom stereocenters. The molecule has 0 spiro atoms. The number of nitrogens with one attached hydrogen (secondary N) is 1. The summed E-state index contributed by atoms with van der Waals surface area (Å²) in [6.07, 6.45) is 1.63. The Balaban J connectivity index is 2.12. The Labute approximate surface area is 99.7 Å². The van der Waals surface area contributed by atoms with Crippen LogP contribution in [0.15, 0.2) is 18.3 Å². The van der Waals surface area contributed by atoms with Gasteiger partial charge in [-0.05, 0) is 19.1 Å². The number of morpholine rings is 1. The Morgan fingerprint density at radius 2 is 2.53 bits per heavy atom. The summed E-state index contributed by atoms with van der Waals surface area (Å²) in [7, 11) is 0. The molecule has 6 nitrogen and oxygen atoms in total. The number of aromatic nitrogens is 1. The highest BCUT2D eigenvalue weighted by Crippen LogP contribution is 2.11. The average Bonchev–Trinajstić information content (AvgIpc) is 2.38. The van der Waals surface area contributed by atoms with E-state index in [-0.39, 0.29) is 12.0 Å². The molecule has 1 aliphatic heterocycles. The van der Waals surface area contributed by atoms with E-state index >= 15 is 0 Å². The van der Waals surface area contributed by atoms with Crippen molar-refractivity contribution in [2.45, 2.75) is 13.0 Å². The number of carbonyl (C=O) groups excluding carboxylic acids is 1. The third-order valence-corrected chi connectivity index (χ3v) is 2.67. The van der Waals surface area contributed by atoms with E-state index in [1.165, 1.54) is 0 Å². The minimum atomic E-state index is -0.0859. The zero-order chi connectivity index (χ0) is 12.3. The smallest absolute Gasteiger partial charge is 0.272 e. The lowest BCUT2D eigenvalue weighted by Gasteiger charge is -2.30. The Hall–Kier alpha value is -1.66. The van der Waals surface area contributed by atoms with Crippen LogP contribution < -0.4 is 11.3 Å². The minimum Gasteiger partial charge on any atom is -0.375 e. The van der Waals surface area contributed by atoms with Gasteiger partial charge in [-0.15, -0.1) is 0 Å². The summed E-state index contributed by atoms with van der Waals surface area (Å²) in [6.45, 7) is 3.72. The van der Waals surface area contributed by atoms with Crippen LogP contribution in [0.2, 0.25) is 0 Å². The van der Waals surface area contributed by atoms with Gasteiger partial charge in [-0.3, -0.25) is 15.6 Å². The van der Waals surface area contributed by atoms with Gasteiger partial charge in [0.05, 0.1) is 18.4 Å². The van der Waals surface area contributed by atoms with Gasteiger partial charge < -0.3 is 15.1 Å². The Bertz CT molecular complexity index is 410. The summed E-state index contributed by atoms with van der Waals surface area (Å²) in [5.41, 5.74) is 3.57. The van der Waals surface area contributed by atoms with Crippen molar-refractivity contribution >= 4 is 11.6 Å². The number of pyridine rings is 1. The fraction of sp³-hybridized carbons (Fsp3) is 0.455. The summed E-state index contributed by atoms with van der Waals surface area (Å²) in [5, 5.41) is 0. The fourth-order valence-electron chi connectivity index (χ4n) is 1.80. The zero-order valence-corrected chi connectivity index (χ0v) is 9.72. The highest BCUT2D eigenvalue weighted by molar-refractivity contribution is 5.93. The van der Waals surface area contributed by atoms with Crippen molar-refractivity contribution in [2.24, 2.45) is 5.84 Å². The number of ether oxygens (including phenoxy) is 1. The van der Waals surface area contributed by atoms with Crippen LogP contribution in [0.4, 0.5) is 5.69 Å². The molecule has 1 amide bonds. The van der Waals surface area contributed by atoms with Crippen LogP contribution in [0.3, 0.4) is 0 Å². The Morgan fingerprint density at radius 1 is 1.71 bits per heavy atom. The van der Waals surface area contributed by atoms with E-state index in [0.29, 0.717) is 31.1 Å². The first-order valence-corrected chi connectivity index (χ1v) is 5.54. The van der Waals surface area contributed by atoms with Crippen LogP contribution in [0, 0.1) is 0 Å². The number of carbonyl (C=O) groups is 1. The number of hydrogen-bond acceptors (Lipinski definition) is 5. The van der Waals surface area contributed by atoms with E-state index in [1.54, 1.807) is 23.2 Å². The molecular weight excluding hydrogens is 220 g/mol. The SMILES string of the molecule is CC1CN(C(=O)c2cc(NN)ccn2)CCO1. The van der Waals surface area contributed by atoms with Crippen LogP contribution in [0.1, 0.15) is 17.4 Å². The fourth-order valence-corrected chi connectivity index (χ4v) is 1.80. The van der Waals surface area contributed by atoms with Gasteiger partial charge in [0.15, 0.2) is 0 Å². The third kappa shape index (κ3) is 2.72. The highest BCUT2D eigenvalue weighted by atomic mass is 16.5. The lowest BCUT2D eigenvalue weighted by molar-refractivity contribution is -0.0126. The molecule has 1 atom stereocenters. The molecule has 2 rings (SSSR count). The minimum absolute atomic E-state index is 0.0727. The number of anilines is 1. The van der Waals surface area contributed by atoms with Crippen LogP contribution in [-0.4, -0.2) is 41.6 Å². The second kappa shape index (κ2) is 5.11. The van der Waals surface area contributed by atoms with Crippen LogP contribution in [-0.2, 0) is 4.74 Å². The second-order valence-electron chi connectivity index (χ2n) is 4.01. The predicted molar refractivity (Wildman–Crippen MR) is 63.4 cm³/mol. The van der Waals surface area contributed by atoms with Gasteiger partial charge in [0, 0.05) is 19.3 Å². The molecule has 17 heavy (non-hydrogen) atoms. The maximum atomic E-state index is 12.2. The number of rotatable bonds is 2. The van der Waals surface area contributed by atoms with Crippen molar-refractivity contribution in [1.82, 2.24) is 9.88 Å². The van der Waals surface area contributed by atoms with Crippen LogP contribution in [0.5, 0.6) is 0 Å². The van der Waals surface area contributed by atoms with Crippen LogP contribution in [0.25, 0.3) is 0 Å². The van der Waals surface area contributed by atoms with E-state index in [4.69, 9.17) is 10.6 Å². The van der Waals surface area contributed by atoms with Gasteiger partial charge in [0.25, 0.3) is 5.91 Å². The molecule has 1 saturated heterocycles. The molecule has 1 aromatic rings. The first kappa shape index (κ1) is 11.8. The van der Waals surface area contributed by atoms with E-state index < -0.39 is 0 Å². The quantitative estimate of drug-likeness (QED) is 0.567. The van der Waals surface area contributed by atoms with Crippen molar-refractivity contribution in [3.05, 3.63) is 24.0 Å². The number of nitrogens with two attached hydrogens (primary N) is 1. The molecular formula is C11H16N4O2. The number of nitrogen functional groups attached to an aromatic ring is 1. The molecule has 3 N–H and O–H groups in total. The van der Waals surface area contributed by atoms with Gasteiger partial charge >= 0.3 is 0 Å². The third-order valence-electron chi connectivity index (χ3n) is 2.67. The maximum absolute atomic E-state index is 12.2. The standard InChI is InChI=1S/C11H16N4O2/c1-8-7-15(4-5-17-8)11(16)10-6-9(14-12)2-3-13-10/h2-3,6,8H,4-5,7,12H2,1H3,(H,13,14). The lowest BCUT2D eigenvalue weighted by Crippen LogP contribution is -2.44. The van der Waals surface area contributed by atoms with Crippen molar-refractivity contribution in [2.75, 3.05) is 25.1 Å². The summed E-state index contributed by atoms with van der Waals surface area (Å²) >= 11 is 0. The molecule has 92 valence electrons. The molecule has 0 bridgehead atoms. The summed E-state index contributed by atoms with van der Waals surface area (Å²) < 4.78 is 5.39. The maximum Gasteiger partial charge on any atom is 0.272 e. The molecule has 0 saturated carbocycles. The van der Waals surface area contributed by atoms with Gasteiger partial charge in [-0.25, -0.2) is 0 Å². The van der Waals surface area contributed by atoms with Gasteiger partial charge in [-0.1, -0.05) is 0 Å². The summed E-state index contributed by atoms with van der Waals surface area (Å²) in [4.78, 5) is 18.0. The predicted octanol–water partition coefficient (Wildman–Crippen LogP) is 0.228. The Morgan fingerprint density at radius 3 is 3.24 bits per heavy atom. The summed E-state index contributed by atoms with van der Waals surface area (Å²) in [5.74, 6) is 5.21. The normalized spacial score (nSPS) is 20.1. The number of hydrogen-bond donors (Lipinski definition) is 2.